The first-order valence-corrected chi connectivity index (χ1v) is 10.9. The smallest absolute Gasteiger partial charge is 0.254 e. The van der Waals surface area contributed by atoms with Gasteiger partial charge in [-0.15, -0.1) is 0 Å². The lowest BCUT2D eigenvalue weighted by Crippen LogP contribution is -2.49. The van der Waals surface area contributed by atoms with Crippen molar-refractivity contribution in [3.05, 3.63) is 70.3 Å². The largest absolute Gasteiger partial charge is 0.350 e. The molecule has 1 atom stereocenters. The molecule has 0 bridgehead atoms. The van der Waals surface area contributed by atoms with Crippen LogP contribution in [0.5, 0.6) is 0 Å². The van der Waals surface area contributed by atoms with Gasteiger partial charge in [0, 0.05) is 49.4 Å². The predicted molar refractivity (Wildman–Crippen MR) is 116 cm³/mol. The predicted octanol–water partition coefficient (Wildman–Crippen LogP) is 1.61. The lowest BCUT2D eigenvalue weighted by molar-refractivity contribution is 0.0631. The average Bonchev–Trinajstić information content (AvgIpc) is 3.10. The van der Waals surface area contributed by atoms with Gasteiger partial charge in [-0.2, -0.15) is 0 Å². The summed E-state index contributed by atoms with van der Waals surface area (Å²) in [6, 6.07) is 12.6. The van der Waals surface area contributed by atoms with E-state index in [0.717, 1.165) is 43.6 Å². The highest BCUT2D eigenvalue weighted by atomic mass is 16.2. The molecule has 7 nitrogen and oxygen atoms in total. The average molecular weight is 418 g/mol. The molecule has 3 amide bonds. The first-order chi connectivity index (χ1) is 15.1. The van der Waals surface area contributed by atoms with Gasteiger partial charge < -0.3 is 20.4 Å². The van der Waals surface area contributed by atoms with Crippen molar-refractivity contribution in [1.29, 1.82) is 0 Å². The highest BCUT2D eigenvalue weighted by molar-refractivity contribution is 6.01. The van der Waals surface area contributed by atoms with Crippen molar-refractivity contribution < 1.29 is 14.4 Å². The van der Waals surface area contributed by atoms with Crippen molar-refractivity contribution in [2.24, 2.45) is 0 Å². The Kier molecular flexibility index (Phi) is 5.19. The molecule has 5 rings (SSSR count). The highest BCUT2D eigenvalue weighted by Crippen LogP contribution is 2.35. The fourth-order valence-corrected chi connectivity index (χ4v) is 4.90. The maximum absolute atomic E-state index is 13.5. The van der Waals surface area contributed by atoms with Crippen LogP contribution in [0.4, 0.5) is 0 Å². The first kappa shape index (κ1) is 19.8. The quantitative estimate of drug-likeness (QED) is 0.776. The van der Waals surface area contributed by atoms with Crippen LogP contribution < -0.4 is 10.6 Å². The molecule has 1 fully saturated rings. The van der Waals surface area contributed by atoms with Crippen molar-refractivity contribution in [1.82, 2.24) is 20.4 Å². The van der Waals surface area contributed by atoms with Crippen LogP contribution in [-0.2, 0) is 6.42 Å². The van der Waals surface area contributed by atoms with Gasteiger partial charge in [0.1, 0.15) is 0 Å². The lowest BCUT2D eigenvalue weighted by Gasteiger charge is -2.40. The van der Waals surface area contributed by atoms with Gasteiger partial charge in [0.05, 0.1) is 6.04 Å². The summed E-state index contributed by atoms with van der Waals surface area (Å²) >= 11 is 0. The molecular formula is C24H26N4O3. The molecule has 0 spiro atoms. The van der Waals surface area contributed by atoms with Crippen molar-refractivity contribution in [3.8, 4) is 0 Å². The van der Waals surface area contributed by atoms with Gasteiger partial charge in [-0.3, -0.25) is 14.4 Å². The molecule has 0 aliphatic carbocycles. The Labute approximate surface area is 181 Å². The first-order valence-electron chi connectivity index (χ1n) is 10.9. The molecule has 2 aromatic rings. The van der Waals surface area contributed by atoms with E-state index in [1.165, 1.54) is 0 Å². The van der Waals surface area contributed by atoms with E-state index in [-0.39, 0.29) is 23.8 Å². The fourth-order valence-electron chi connectivity index (χ4n) is 4.90. The molecule has 31 heavy (non-hydrogen) atoms. The second kappa shape index (κ2) is 8.15. The number of carbonyl (C=O) groups is 3. The zero-order valence-corrected chi connectivity index (χ0v) is 17.4. The standard InChI is InChI=1S/C24H26N4O3/c29-22-19-7-2-4-16-8-12-28(20(15-26-22)21(16)19)24(31)18-6-1-5-17(14-18)23(30)27-11-3-9-25-10-13-27/h1-2,4-7,14,20,25H,3,8-13,15H2,(H,26,29). The number of hydrogen-bond donors (Lipinski definition) is 2. The lowest BCUT2D eigenvalue weighted by atomic mass is 9.85. The monoisotopic (exact) mass is 418 g/mol. The summed E-state index contributed by atoms with van der Waals surface area (Å²) in [6.07, 6.45) is 1.64. The third kappa shape index (κ3) is 3.59. The zero-order valence-electron chi connectivity index (χ0n) is 17.4. The molecule has 3 heterocycles. The van der Waals surface area contributed by atoms with E-state index in [1.807, 2.05) is 28.0 Å². The summed E-state index contributed by atoms with van der Waals surface area (Å²) in [6.45, 7) is 4.09. The van der Waals surface area contributed by atoms with Gasteiger partial charge in [-0.1, -0.05) is 18.2 Å². The third-order valence-electron chi connectivity index (χ3n) is 6.47. The number of carbonyl (C=O) groups excluding carboxylic acids is 3. The number of amides is 3. The van der Waals surface area contributed by atoms with Crippen LogP contribution in [0.15, 0.2) is 42.5 Å². The van der Waals surface area contributed by atoms with Crippen molar-refractivity contribution in [2.45, 2.75) is 18.9 Å². The van der Waals surface area contributed by atoms with E-state index in [0.29, 0.717) is 36.3 Å². The van der Waals surface area contributed by atoms with Crippen LogP contribution in [0.3, 0.4) is 0 Å². The Bertz CT molecular complexity index is 1040. The zero-order chi connectivity index (χ0) is 21.4. The summed E-state index contributed by atoms with van der Waals surface area (Å²) < 4.78 is 0. The van der Waals surface area contributed by atoms with E-state index < -0.39 is 0 Å². The van der Waals surface area contributed by atoms with Crippen LogP contribution in [0.1, 0.15) is 54.7 Å². The minimum absolute atomic E-state index is 0.0328. The number of benzene rings is 2. The molecule has 0 aromatic heterocycles. The maximum atomic E-state index is 13.5. The Balaban J connectivity index is 1.41. The second-order valence-corrected chi connectivity index (χ2v) is 8.33. The fraction of sp³-hybridized carbons (Fsp3) is 0.375. The summed E-state index contributed by atoms with van der Waals surface area (Å²) in [5.74, 6) is -0.217. The van der Waals surface area contributed by atoms with E-state index in [9.17, 15) is 14.4 Å². The highest BCUT2D eigenvalue weighted by Gasteiger charge is 2.37. The molecule has 0 saturated carbocycles. The van der Waals surface area contributed by atoms with Crippen LogP contribution in [0, 0.1) is 0 Å². The molecule has 3 aliphatic rings. The number of hydrogen-bond acceptors (Lipinski definition) is 4. The van der Waals surface area contributed by atoms with Gasteiger partial charge in [0.15, 0.2) is 0 Å². The van der Waals surface area contributed by atoms with Gasteiger partial charge in [0.2, 0.25) is 0 Å². The number of nitrogens with one attached hydrogen (secondary N) is 2. The van der Waals surface area contributed by atoms with Gasteiger partial charge >= 0.3 is 0 Å². The van der Waals surface area contributed by atoms with Crippen LogP contribution in [-0.4, -0.2) is 66.8 Å². The van der Waals surface area contributed by atoms with Gasteiger partial charge in [0.25, 0.3) is 17.7 Å². The molecule has 7 heteroatoms. The molecule has 3 aliphatic heterocycles. The van der Waals surface area contributed by atoms with Gasteiger partial charge in [-0.05, 0) is 54.8 Å². The minimum atomic E-state index is -0.179. The second-order valence-electron chi connectivity index (χ2n) is 8.33. The summed E-state index contributed by atoms with van der Waals surface area (Å²) in [5.41, 5.74) is 3.82. The Morgan fingerprint density at radius 3 is 2.61 bits per heavy atom. The minimum Gasteiger partial charge on any atom is -0.350 e. The van der Waals surface area contributed by atoms with Crippen LogP contribution >= 0.6 is 0 Å². The van der Waals surface area contributed by atoms with Crippen molar-refractivity contribution in [2.75, 3.05) is 39.3 Å². The summed E-state index contributed by atoms with van der Waals surface area (Å²) in [5, 5.41) is 6.22. The molecule has 2 N–H and O–H groups in total. The number of nitrogens with zero attached hydrogens (tertiary/aromatic N) is 2. The van der Waals surface area contributed by atoms with E-state index >= 15 is 0 Å². The van der Waals surface area contributed by atoms with Crippen molar-refractivity contribution in [3.63, 3.8) is 0 Å². The van der Waals surface area contributed by atoms with Gasteiger partial charge in [-0.25, -0.2) is 0 Å². The Morgan fingerprint density at radius 1 is 0.935 bits per heavy atom. The Hall–Kier alpha value is -3.19. The van der Waals surface area contributed by atoms with Crippen molar-refractivity contribution >= 4 is 17.7 Å². The third-order valence-corrected chi connectivity index (χ3v) is 6.47. The normalized spacial score (nSPS) is 20.5. The molecule has 2 aromatic carbocycles. The SMILES string of the molecule is O=C1NCC2c3c(cccc31)CCN2C(=O)c1cccc(C(=O)N2CCCNCC2)c1. The van der Waals surface area contributed by atoms with Crippen LogP contribution in [0.25, 0.3) is 0 Å². The molecular weight excluding hydrogens is 392 g/mol. The topological polar surface area (TPSA) is 81.8 Å². The maximum Gasteiger partial charge on any atom is 0.254 e. The molecule has 0 radical (unpaired) electrons. The molecule has 160 valence electrons. The number of rotatable bonds is 2. The van der Waals surface area contributed by atoms with Crippen LogP contribution in [0.2, 0.25) is 0 Å². The molecule has 1 unspecified atom stereocenters. The molecule has 1 saturated heterocycles. The van der Waals surface area contributed by atoms with E-state index in [4.69, 9.17) is 0 Å². The van der Waals surface area contributed by atoms with E-state index in [2.05, 4.69) is 10.6 Å². The summed E-state index contributed by atoms with van der Waals surface area (Å²) in [7, 11) is 0. The van der Waals surface area contributed by atoms with E-state index in [1.54, 1.807) is 24.3 Å². The summed E-state index contributed by atoms with van der Waals surface area (Å²) in [4.78, 5) is 42.5. The Morgan fingerprint density at radius 2 is 1.74 bits per heavy atom.